The fourth-order valence-electron chi connectivity index (χ4n) is 2.37. The summed E-state index contributed by atoms with van der Waals surface area (Å²) in [7, 11) is 4.68. The number of carbonyl (C=O) groups excluding carboxylic acids is 2. The molecule has 2 amide bonds. The molecule has 0 fully saturated rings. The SMILES string of the molecule is COc1cccc(/C=N\NC(=O)C(=O)NCCc2ccc(OC)c(OC)c2)c1. The Morgan fingerprint density at radius 3 is 2.46 bits per heavy atom. The predicted molar refractivity (Wildman–Crippen MR) is 105 cm³/mol. The molecule has 0 bridgehead atoms. The fourth-order valence-corrected chi connectivity index (χ4v) is 2.37. The van der Waals surface area contributed by atoms with Crippen molar-refractivity contribution in [1.29, 1.82) is 0 Å². The van der Waals surface area contributed by atoms with Crippen LogP contribution < -0.4 is 25.0 Å². The molecule has 2 aromatic rings. The molecule has 0 aliphatic rings. The van der Waals surface area contributed by atoms with Gasteiger partial charge in [-0.15, -0.1) is 0 Å². The Balaban J connectivity index is 1.79. The van der Waals surface area contributed by atoms with Crippen molar-refractivity contribution in [3.63, 3.8) is 0 Å². The van der Waals surface area contributed by atoms with E-state index in [-0.39, 0.29) is 0 Å². The number of nitrogens with one attached hydrogen (secondary N) is 2. The van der Waals surface area contributed by atoms with Crippen LogP contribution >= 0.6 is 0 Å². The van der Waals surface area contributed by atoms with E-state index in [1.807, 2.05) is 12.1 Å². The highest BCUT2D eigenvalue weighted by molar-refractivity contribution is 6.35. The summed E-state index contributed by atoms with van der Waals surface area (Å²) >= 11 is 0. The summed E-state index contributed by atoms with van der Waals surface area (Å²) in [5.74, 6) is 0.303. The van der Waals surface area contributed by atoms with Gasteiger partial charge in [-0.25, -0.2) is 5.43 Å². The van der Waals surface area contributed by atoms with Crippen LogP contribution in [0.1, 0.15) is 11.1 Å². The molecule has 0 atom stereocenters. The van der Waals surface area contributed by atoms with Gasteiger partial charge >= 0.3 is 11.8 Å². The number of benzene rings is 2. The Labute approximate surface area is 163 Å². The van der Waals surface area contributed by atoms with E-state index in [0.29, 0.717) is 30.2 Å². The molecule has 8 heteroatoms. The number of rotatable bonds is 8. The highest BCUT2D eigenvalue weighted by Gasteiger charge is 2.12. The second-order valence-electron chi connectivity index (χ2n) is 5.67. The van der Waals surface area contributed by atoms with Crippen LogP contribution in [0.5, 0.6) is 17.2 Å². The zero-order valence-electron chi connectivity index (χ0n) is 16.0. The minimum absolute atomic E-state index is 0.293. The van der Waals surface area contributed by atoms with Gasteiger partial charge in [0.15, 0.2) is 11.5 Å². The van der Waals surface area contributed by atoms with Crippen molar-refractivity contribution in [3.05, 3.63) is 53.6 Å². The average molecular weight is 385 g/mol. The first-order chi connectivity index (χ1) is 13.6. The summed E-state index contributed by atoms with van der Waals surface area (Å²) in [6.07, 6.45) is 1.96. The molecule has 8 nitrogen and oxygen atoms in total. The lowest BCUT2D eigenvalue weighted by Crippen LogP contribution is -2.38. The lowest BCUT2D eigenvalue weighted by molar-refractivity contribution is -0.139. The van der Waals surface area contributed by atoms with E-state index in [4.69, 9.17) is 14.2 Å². The lowest BCUT2D eigenvalue weighted by atomic mass is 10.1. The van der Waals surface area contributed by atoms with Crippen molar-refractivity contribution in [1.82, 2.24) is 10.7 Å². The van der Waals surface area contributed by atoms with Gasteiger partial charge in [0, 0.05) is 6.54 Å². The molecule has 148 valence electrons. The topological polar surface area (TPSA) is 98.2 Å². The quantitative estimate of drug-likeness (QED) is 0.408. The summed E-state index contributed by atoms with van der Waals surface area (Å²) in [6.45, 7) is 0.293. The predicted octanol–water partition coefficient (Wildman–Crippen LogP) is 1.52. The van der Waals surface area contributed by atoms with E-state index in [2.05, 4.69) is 15.8 Å². The Hall–Kier alpha value is -3.55. The van der Waals surface area contributed by atoms with Crippen molar-refractivity contribution in [2.75, 3.05) is 27.9 Å². The van der Waals surface area contributed by atoms with Crippen LogP contribution in [0.4, 0.5) is 0 Å². The number of carbonyl (C=O) groups is 2. The Morgan fingerprint density at radius 2 is 1.75 bits per heavy atom. The molecular formula is C20H23N3O5. The molecule has 0 spiro atoms. The summed E-state index contributed by atoms with van der Waals surface area (Å²) in [5.41, 5.74) is 3.86. The number of nitrogens with zero attached hydrogens (tertiary/aromatic N) is 1. The van der Waals surface area contributed by atoms with Crippen molar-refractivity contribution in [3.8, 4) is 17.2 Å². The molecule has 2 rings (SSSR count). The van der Waals surface area contributed by atoms with Crippen LogP contribution in [0.2, 0.25) is 0 Å². The molecule has 0 heterocycles. The molecule has 0 saturated heterocycles. The van der Waals surface area contributed by atoms with Crippen molar-refractivity contribution >= 4 is 18.0 Å². The van der Waals surface area contributed by atoms with Gasteiger partial charge in [0.1, 0.15) is 5.75 Å². The first kappa shape index (κ1) is 20.8. The van der Waals surface area contributed by atoms with E-state index < -0.39 is 11.8 Å². The Morgan fingerprint density at radius 1 is 0.964 bits per heavy atom. The van der Waals surface area contributed by atoms with Gasteiger partial charge < -0.3 is 19.5 Å². The van der Waals surface area contributed by atoms with Crippen LogP contribution in [-0.2, 0) is 16.0 Å². The maximum absolute atomic E-state index is 11.8. The van der Waals surface area contributed by atoms with Crippen molar-refractivity contribution in [2.24, 2.45) is 5.10 Å². The van der Waals surface area contributed by atoms with Gasteiger partial charge in [-0.3, -0.25) is 9.59 Å². The molecule has 0 saturated carbocycles. The minimum Gasteiger partial charge on any atom is -0.497 e. The lowest BCUT2D eigenvalue weighted by Gasteiger charge is -2.10. The van der Waals surface area contributed by atoms with Crippen LogP contribution in [0.25, 0.3) is 0 Å². The van der Waals surface area contributed by atoms with Crippen LogP contribution in [0.3, 0.4) is 0 Å². The Bertz CT molecular complexity index is 851. The van der Waals surface area contributed by atoms with E-state index in [9.17, 15) is 9.59 Å². The fraction of sp³-hybridized carbons (Fsp3) is 0.250. The second kappa shape index (κ2) is 10.6. The maximum atomic E-state index is 11.8. The summed E-state index contributed by atoms with van der Waals surface area (Å²) in [6, 6.07) is 12.6. The summed E-state index contributed by atoms with van der Waals surface area (Å²) < 4.78 is 15.5. The smallest absolute Gasteiger partial charge is 0.329 e. The van der Waals surface area contributed by atoms with Gasteiger partial charge in [-0.2, -0.15) is 5.10 Å². The van der Waals surface area contributed by atoms with Gasteiger partial charge in [0.25, 0.3) is 0 Å². The van der Waals surface area contributed by atoms with Crippen molar-refractivity contribution in [2.45, 2.75) is 6.42 Å². The minimum atomic E-state index is -0.841. The second-order valence-corrected chi connectivity index (χ2v) is 5.67. The van der Waals surface area contributed by atoms with Crippen LogP contribution in [0.15, 0.2) is 47.6 Å². The van der Waals surface area contributed by atoms with Gasteiger partial charge in [0.2, 0.25) is 0 Å². The standard InChI is InChI=1S/C20H23N3O5/c1-26-16-6-4-5-15(11-16)13-22-23-20(25)19(24)21-10-9-14-7-8-17(27-2)18(12-14)28-3/h4-8,11-13H,9-10H2,1-3H3,(H,21,24)(H,23,25)/b22-13-. The average Bonchev–Trinajstić information content (AvgIpc) is 2.73. The van der Waals surface area contributed by atoms with Crippen LogP contribution in [-0.4, -0.2) is 45.9 Å². The molecule has 0 aliphatic carbocycles. The van der Waals surface area contributed by atoms with E-state index in [0.717, 1.165) is 11.1 Å². The molecule has 0 radical (unpaired) electrons. The summed E-state index contributed by atoms with van der Waals surface area (Å²) in [4.78, 5) is 23.6. The third-order valence-corrected chi connectivity index (χ3v) is 3.83. The molecule has 0 aromatic heterocycles. The van der Waals surface area contributed by atoms with Crippen molar-refractivity contribution < 1.29 is 23.8 Å². The van der Waals surface area contributed by atoms with Gasteiger partial charge in [-0.05, 0) is 41.8 Å². The van der Waals surface area contributed by atoms with E-state index >= 15 is 0 Å². The zero-order chi connectivity index (χ0) is 20.4. The van der Waals surface area contributed by atoms with E-state index in [1.54, 1.807) is 51.7 Å². The van der Waals surface area contributed by atoms with Crippen LogP contribution in [0, 0.1) is 0 Å². The normalized spacial score (nSPS) is 10.4. The number of ether oxygens (including phenoxy) is 3. The molecule has 28 heavy (non-hydrogen) atoms. The zero-order valence-corrected chi connectivity index (χ0v) is 16.0. The molecule has 2 N–H and O–H groups in total. The first-order valence-corrected chi connectivity index (χ1v) is 8.53. The molecule has 2 aromatic carbocycles. The highest BCUT2D eigenvalue weighted by atomic mass is 16.5. The Kier molecular flexibility index (Phi) is 7.83. The molecular weight excluding hydrogens is 362 g/mol. The largest absolute Gasteiger partial charge is 0.497 e. The van der Waals surface area contributed by atoms with Gasteiger partial charge in [-0.1, -0.05) is 18.2 Å². The first-order valence-electron chi connectivity index (χ1n) is 8.53. The number of amides is 2. The number of methoxy groups -OCH3 is 3. The van der Waals surface area contributed by atoms with Gasteiger partial charge in [0.05, 0.1) is 27.5 Å². The highest BCUT2D eigenvalue weighted by Crippen LogP contribution is 2.27. The summed E-state index contributed by atoms with van der Waals surface area (Å²) in [5, 5.41) is 6.32. The number of hydrogen-bond donors (Lipinski definition) is 2. The molecule has 0 unspecified atom stereocenters. The maximum Gasteiger partial charge on any atom is 0.329 e. The third-order valence-electron chi connectivity index (χ3n) is 3.83. The number of hydrazone groups is 1. The number of hydrogen-bond acceptors (Lipinski definition) is 6. The molecule has 0 aliphatic heterocycles. The van der Waals surface area contributed by atoms with E-state index in [1.165, 1.54) is 6.21 Å². The third kappa shape index (κ3) is 6.01. The monoisotopic (exact) mass is 385 g/mol.